The fourth-order valence-electron chi connectivity index (χ4n) is 4.17. The van der Waals surface area contributed by atoms with E-state index in [1.165, 1.54) is 23.1 Å². The van der Waals surface area contributed by atoms with Crippen LogP contribution in [0.25, 0.3) is 0 Å². The summed E-state index contributed by atoms with van der Waals surface area (Å²) in [4.78, 5) is 27.7. The summed E-state index contributed by atoms with van der Waals surface area (Å²) in [5, 5.41) is 8.22. The molecule has 204 valence electrons. The molecular formula is C28H26F4N4O3. The zero-order chi connectivity index (χ0) is 28.0. The number of ether oxygens (including phenoxy) is 1. The van der Waals surface area contributed by atoms with Gasteiger partial charge in [0, 0.05) is 31.3 Å². The van der Waals surface area contributed by atoms with E-state index in [0.29, 0.717) is 5.71 Å². The maximum atomic E-state index is 14.5. The Labute approximate surface area is 222 Å². The second-order valence-electron chi connectivity index (χ2n) is 8.82. The van der Waals surface area contributed by atoms with E-state index < -0.39 is 42.1 Å². The molecule has 0 unspecified atom stereocenters. The Morgan fingerprint density at radius 2 is 1.69 bits per heavy atom. The number of alkyl halides is 3. The molecule has 0 bridgehead atoms. The van der Waals surface area contributed by atoms with Gasteiger partial charge in [0.05, 0.1) is 23.9 Å². The van der Waals surface area contributed by atoms with Crippen molar-refractivity contribution in [3.8, 4) is 0 Å². The lowest BCUT2D eigenvalue weighted by molar-refractivity contribution is -0.137. The number of benzene rings is 3. The molecule has 0 saturated carbocycles. The Morgan fingerprint density at radius 3 is 2.33 bits per heavy atom. The van der Waals surface area contributed by atoms with Gasteiger partial charge >= 0.3 is 12.2 Å². The summed E-state index contributed by atoms with van der Waals surface area (Å²) in [5.74, 6) is -0.983. The van der Waals surface area contributed by atoms with Gasteiger partial charge in [-0.15, -0.1) is 0 Å². The smallest absolute Gasteiger partial charge is 0.383 e. The zero-order valence-corrected chi connectivity index (χ0v) is 21.0. The van der Waals surface area contributed by atoms with Crippen LogP contribution in [-0.2, 0) is 15.7 Å². The van der Waals surface area contributed by atoms with E-state index in [2.05, 4.69) is 10.4 Å². The van der Waals surface area contributed by atoms with E-state index in [4.69, 9.17) is 4.74 Å². The minimum absolute atomic E-state index is 0.0302. The maximum absolute atomic E-state index is 14.5. The number of carbonyl (C=O) groups is 2. The molecule has 0 aliphatic carbocycles. The number of hydrogen-bond acceptors (Lipinski definition) is 4. The van der Waals surface area contributed by atoms with E-state index in [9.17, 15) is 27.2 Å². The van der Waals surface area contributed by atoms with Crippen LogP contribution in [0.1, 0.15) is 29.2 Å². The number of nitrogens with zero attached hydrogens (tertiary/aromatic N) is 3. The first-order valence-electron chi connectivity index (χ1n) is 12.1. The topological polar surface area (TPSA) is 74.2 Å². The Hall–Kier alpha value is -4.25. The van der Waals surface area contributed by atoms with Gasteiger partial charge in [0.15, 0.2) is 0 Å². The second-order valence-corrected chi connectivity index (χ2v) is 8.82. The molecule has 1 atom stereocenters. The van der Waals surface area contributed by atoms with Crippen molar-refractivity contribution < 1.29 is 31.9 Å². The second kappa shape index (κ2) is 12.1. The van der Waals surface area contributed by atoms with Crippen LogP contribution in [0.3, 0.4) is 0 Å². The molecule has 4 rings (SSSR count). The van der Waals surface area contributed by atoms with Gasteiger partial charge in [0.1, 0.15) is 12.4 Å². The number of carbonyl (C=O) groups excluding carboxylic acids is 2. The number of rotatable bonds is 8. The van der Waals surface area contributed by atoms with Gasteiger partial charge in [-0.2, -0.15) is 18.3 Å². The Morgan fingerprint density at radius 1 is 1.03 bits per heavy atom. The number of amides is 3. The van der Waals surface area contributed by atoms with Crippen LogP contribution < -0.4 is 5.32 Å². The number of hydrogen-bond donors (Lipinski definition) is 1. The highest BCUT2D eigenvalue weighted by atomic mass is 19.4. The van der Waals surface area contributed by atoms with Gasteiger partial charge in [-0.05, 0) is 35.9 Å². The molecule has 1 aliphatic rings. The highest BCUT2D eigenvalue weighted by Gasteiger charge is 2.35. The average Bonchev–Trinajstić information content (AvgIpc) is 3.37. The van der Waals surface area contributed by atoms with E-state index in [1.807, 2.05) is 30.3 Å². The molecule has 1 heterocycles. The number of nitrogens with one attached hydrogen (secondary N) is 1. The lowest BCUT2D eigenvalue weighted by Crippen LogP contribution is -2.44. The molecule has 3 amide bonds. The standard InChI is InChI=1S/C28H26F4N4O3/c1-39-16-15-35(27(38)33-21-13-11-20(12-14-21)28(30,31)32)18-26(37)36-25(19-7-3-2-4-8-19)17-24(34-36)22-9-5-6-10-23(22)29/h2-14,25H,15-18H2,1H3,(H,33,38)/t25-/m0/s1. The predicted octanol–water partition coefficient (Wildman–Crippen LogP) is 5.70. The predicted molar refractivity (Wildman–Crippen MR) is 137 cm³/mol. The Bertz CT molecular complexity index is 1330. The number of halogens is 4. The van der Waals surface area contributed by atoms with Crippen molar-refractivity contribution in [2.24, 2.45) is 5.10 Å². The molecule has 0 saturated heterocycles. The average molecular weight is 543 g/mol. The largest absolute Gasteiger partial charge is 0.416 e. The van der Waals surface area contributed by atoms with Crippen molar-refractivity contribution in [2.75, 3.05) is 32.1 Å². The summed E-state index contributed by atoms with van der Waals surface area (Å²) in [6.45, 7) is -0.255. The van der Waals surface area contributed by atoms with Crippen molar-refractivity contribution in [3.05, 3.63) is 101 Å². The van der Waals surface area contributed by atoms with Crippen LogP contribution in [-0.4, -0.2) is 54.4 Å². The number of urea groups is 1. The molecular weight excluding hydrogens is 516 g/mol. The molecule has 3 aromatic rings. The van der Waals surface area contributed by atoms with Crippen molar-refractivity contribution >= 4 is 23.3 Å². The van der Waals surface area contributed by atoms with Crippen LogP contribution in [0.5, 0.6) is 0 Å². The number of anilines is 1. The van der Waals surface area contributed by atoms with Crippen LogP contribution >= 0.6 is 0 Å². The molecule has 1 aliphatic heterocycles. The van der Waals surface area contributed by atoms with Gasteiger partial charge in [-0.1, -0.05) is 48.5 Å². The lowest BCUT2D eigenvalue weighted by Gasteiger charge is -2.27. The van der Waals surface area contributed by atoms with E-state index in [-0.39, 0.29) is 30.8 Å². The van der Waals surface area contributed by atoms with Gasteiger partial charge < -0.3 is 15.0 Å². The van der Waals surface area contributed by atoms with Gasteiger partial charge in [-0.3, -0.25) is 4.79 Å². The van der Waals surface area contributed by atoms with Crippen LogP contribution in [0, 0.1) is 5.82 Å². The SMILES string of the molecule is COCCN(CC(=O)N1N=C(c2ccccc2F)C[C@H]1c1ccccc1)C(=O)Nc1ccc(C(F)(F)F)cc1. The minimum atomic E-state index is -4.51. The van der Waals surface area contributed by atoms with Crippen LogP contribution in [0.4, 0.5) is 28.0 Å². The Balaban J connectivity index is 1.55. The molecule has 7 nitrogen and oxygen atoms in total. The van der Waals surface area contributed by atoms with Gasteiger partial charge in [-0.25, -0.2) is 14.2 Å². The third-order valence-corrected chi connectivity index (χ3v) is 6.18. The fraction of sp³-hybridized carbons (Fsp3) is 0.250. The summed E-state index contributed by atoms with van der Waals surface area (Å²) in [7, 11) is 1.44. The van der Waals surface area contributed by atoms with Gasteiger partial charge in [0.25, 0.3) is 5.91 Å². The van der Waals surface area contributed by atoms with E-state index >= 15 is 0 Å². The lowest BCUT2D eigenvalue weighted by atomic mass is 9.98. The fourth-order valence-corrected chi connectivity index (χ4v) is 4.17. The van der Waals surface area contributed by atoms with Crippen molar-refractivity contribution in [3.63, 3.8) is 0 Å². The molecule has 3 aromatic carbocycles. The maximum Gasteiger partial charge on any atom is 0.416 e. The van der Waals surface area contributed by atoms with Crippen LogP contribution in [0.2, 0.25) is 0 Å². The van der Waals surface area contributed by atoms with Crippen molar-refractivity contribution in [1.29, 1.82) is 0 Å². The first-order chi connectivity index (χ1) is 18.7. The quantitative estimate of drug-likeness (QED) is 0.371. The van der Waals surface area contributed by atoms with Crippen LogP contribution in [0.15, 0.2) is 84.0 Å². The van der Waals surface area contributed by atoms with Crippen molar-refractivity contribution in [1.82, 2.24) is 9.91 Å². The number of methoxy groups -OCH3 is 1. The summed E-state index contributed by atoms with van der Waals surface area (Å²) < 4.78 is 58.2. The summed E-state index contributed by atoms with van der Waals surface area (Å²) >= 11 is 0. The summed E-state index contributed by atoms with van der Waals surface area (Å²) in [6.07, 6.45) is -4.24. The molecule has 11 heteroatoms. The summed E-state index contributed by atoms with van der Waals surface area (Å²) in [5.41, 5.74) is 0.749. The minimum Gasteiger partial charge on any atom is -0.383 e. The highest BCUT2D eigenvalue weighted by Crippen LogP contribution is 2.33. The molecule has 0 fully saturated rings. The van der Waals surface area contributed by atoms with E-state index in [1.54, 1.807) is 18.2 Å². The number of hydrazone groups is 1. The molecule has 0 aromatic heterocycles. The molecule has 0 spiro atoms. The molecule has 0 radical (unpaired) electrons. The third kappa shape index (κ3) is 6.80. The monoisotopic (exact) mass is 542 g/mol. The first kappa shape index (κ1) is 27.8. The molecule has 1 N–H and O–H groups in total. The third-order valence-electron chi connectivity index (χ3n) is 6.18. The normalized spacial score (nSPS) is 15.2. The highest BCUT2D eigenvalue weighted by molar-refractivity contribution is 6.03. The van der Waals surface area contributed by atoms with Gasteiger partial charge in [0.2, 0.25) is 0 Å². The Kier molecular flexibility index (Phi) is 8.60. The van der Waals surface area contributed by atoms with E-state index in [0.717, 1.165) is 29.8 Å². The first-order valence-corrected chi connectivity index (χ1v) is 12.1. The summed E-state index contributed by atoms with van der Waals surface area (Å²) in [6, 6.07) is 18.1. The zero-order valence-electron chi connectivity index (χ0n) is 21.0. The van der Waals surface area contributed by atoms with Crippen molar-refractivity contribution in [2.45, 2.75) is 18.6 Å². The molecule has 39 heavy (non-hydrogen) atoms.